The number of amides is 2. The fraction of sp³-hybridized carbons (Fsp3) is 0.346. The van der Waals surface area contributed by atoms with Crippen LogP contribution in [0.15, 0.2) is 54.6 Å². The minimum atomic E-state index is -0.523. The lowest BCUT2D eigenvalue weighted by atomic mass is 9.92. The van der Waals surface area contributed by atoms with Gasteiger partial charge in [-0.15, -0.1) is 0 Å². The van der Waals surface area contributed by atoms with Gasteiger partial charge in [0.1, 0.15) is 12.4 Å². The van der Waals surface area contributed by atoms with E-state index in [1.54, 1.807) is 16.8 Å². The summed E-state index contributed by atoms with van der Waals surface area (Å²) in [6, 6.07) is 14.4. The number of nitrogens with zero attached hydrogens (tertiary/aromatic N) is 4. The number of nitrogens with one attached hydrogen (secondary N) is 1. The molecule has 190 valence electrons. The molecule has 0 aliphatic rings. The van der Waals surface area contributed by atoms with Crippen molar-refractivity contribution < 1.29 is 14.5 Å². The molecule has 0 aliphatic carbocycles. The molecule has 9 nitrogen and oxygen atoms in total. The number of non-ortho nitro benzene ring substituents is 1. The van der Waals surface area contributed by atoms with Gasteiger partial charge in [-0.25, -0.2) is 4.68 Å². The molecule has 0 bridgehead atoms. The summed E-state index contributed by atoms with van der Waals surface area (Å²) in [6.45, 7) is 8.24. The number of carbonyl (C=O) groups is 2. The van der Waals surface area contributed by atoms with Gasteiger partial charge in [0.15, 0.2) is 0 Å². The number of hydrogen-bond acceptors (Lipinski definition) is 5. The maximum absolute atomic E-state index is 13.1. The molecule has 0 fully saturated rings. The van der Waals surface area contributed by atoms with Gasteiger partial charge in [0, 0.05) is 35.7 Å². The van der Waals surface area contributed by atoms with Crippen LogP contribution < -0.4 is 5.32 Å². The zero-order valence-electron chi connectivity index (χ0n) is 20.8. The third-order valence-corrected chi connectivity index (χ3v) is 5.87. The second-order valence-corrected chi connectivity index (χ2v) is 9.87. The van der Waals surface area contributed by atoms with Crippen molar-refractivity contribution in [2.24, 2.45) is 0 Å². The van der Waals surface area contributed by atoms with Crippen molar-refractivity contribution in [3.63, 3.8) is 0 Å². The second-order valence-electron chi connectivity index (χ2n) is 9.46. The molecule has 3 rings (SSSR count). The molecule has 0 aliphatic heterocycles. The van der Waals surface area contributed by atoms with E-state index in [1.165, 1.54) is 29.2 Å². The number of rotatable bonds is 9. The molecule has 0 spiro atoms. The second kappa shape index (κ2) is 11.3. The first kappa shape index (κ1) is 26.9. The molecule has 1 heterocycles. The van der Waals surface area contributed by atoms with E-state index in [9.17, 15) is 19.7 Å². The molecular weight excluding hydrogens is 482 g/mol. The molecule has 1 aromatic heterocycles. The van der Waals surface area contributed by atoms with Crippen LogP contribution in [0.5, 0.6) is 0 Å². The van der Waals surface area contributed by atoms with Crippen molar-refractivity contribution in [2.75, 3.05) is 18.4 Å². The Kier molecular flexibility index (Phi) is 8.47. The van der Waals surface area contributed by atoms with Crippen LogP contribution in [-0.2, 0) is 10.2 Å². The van der Waals surface area contributed by atoms with E-state index in [2.05, 4.69) is 10.4 Å². The first-order chi connectivity index (χ1) is 17.0. The fourth-order valence-corrected chi connectivity index (χ4v) is 3.72. The quantitative estimate of drug-likeness (QED) is 0.296. The third kappa shape index (κ3) is 6.48. The van der Waals surface area contributed by atoms with E-state index < -0.39 is 10.8 Å². The molecule has 3 aromatic rings. The SMILES string of the molecule is CCCCN(CC(=O)Nc1cc(C(C)(C)C)nn1-c1ccccc1Cl)C(=O)c1ccc([N+](=O)[O-])cc1. The number of nitro groups is 1. The van der Waals surface area contributed by atoms with Gasteiger partial charge in [-0.3, -0.25) is 19.7 Å². The topological polar surface area (TPSA) is 110 Å². The van der Waals surface area contributed by atoms with Crippen LogP contribution in [-0.4, -0.2) is 44.5 Å². The zero-order valence-corrected chi connectivity index (χ0v) is 21.6. The number of para-hydroxylation sites is 1. The summed E-state index contributed by atoms with van der Waals surface area (Å²) in [4.78, 5) is 38.1. The smallest absolute Gasteiger partial charge is 0.269 e. The average molecular weight is 512 g/mol. The van der Waals surface area contributed by atoms with Crippen molar-refractivity contribution in [1.82, 2.24) is 14.7 Å². The Bertz CT molecular complexity index is 1250. The first-order valence-electron chi connectivity index (χ1n) is 11.7. The van der Waals surface area contributed by atoms with Crippen LogP contribution in [0.1, 0.15) is 56.6 Å². The Morgan fingerprint density at radius 2 is 1.81 bits per heavy atom. The predicted octanol–water partition coefficient (Wildman–Crippen LogP) is 5.61. The summed E-state index contributed by atoms with van der Waals surface area (Å²) in [5.74, 6) is -0.324. The molecule has 0 saturated carbocycles. The molecule has 10 heteroatoms. The number of carbonyl (C=O) groups excluding carboxylic acids is 2. The fourth-order valence-electron chi connectivity index (χ4n) is 3.51. The number of unbranched alkanes of at least 4 members (excludes halogenated alkanes) is 1. The Morgan fingerprint density at radius 1 is 1.14 bits per heavy atom. The minimum Gasteiger partial charge on any atom is -0.329 e. The molecule has 0 unspecified atom stereocenters. The maximum Gasteiger partial charge on any atom is 0.269 e. The van der Waals surface area contributed by atoms with Crippen LogP contribution in [0.2, 0.25) is 5.02 Å². The van der Waals surface area contributed by atoms with Crippen LogP contribution in [0.4, 0.5) is 11.5 Å². The Hall–Kier alpha value is -3.72. The highest BCUT2D eigenvalue weighted by Crippen LogP contribution is 2.29. The van der Waals surface area contributed by atoms with Gasteiger partial charge in [-0.1, -0.05) is 57.8 Å². The highest BCUT2D eigenvalue weighted by molar-refractivity contribution is 6.32. The third-order valence-electron chi connectivity index (χ3n) is 5.55. The Balaban J connectivity index is 1.86. The summed E-state index contributed by atoms with van der Waals surface area (Å²) >= 11 is 6.40. The lowest BCUT2D eigenvalue weighted by Crippen LogP contribution is -2.39. The summed E-state index contributed by atoms with van der Waals surface area (Å²) in [5, 5.41) is 19.0. The molecule has 2 amide bonds. The Morgan fingerprint density at radius 3 is 2.39 bits per heavy atom. The average Bonchev–Trinajstić information content (AvgIpc) is 3.25. The van der Waals surface area contributed by atoms with Gasteiger partial charge in [-0.05, 0) is 30.7 Å². The molecule has 0 saturated heterocycles. The number of aromatic nitrogens is 2. The summed E-state index contributed by atoms with van der Waals surface area (Å²) in [7, 11) is 0. The number of nitro benzene ring substituents is 1. The first-order valence-corrected chi connectivity index (χ1v) is 12.1. The number of halogens is 1. The largest absolute Gasteiger partial charge is 0.329 e. The molecular formula is C26H30ClN5O4. The van der Waals surface area contributed by atoms with Crippen LogP contribution in [0.3, 0.4) is 0 Å². The van der Waals surface area contributed by atoms with Crippen molar-refractivity contribution in [2.45, 2.75) is 46.0 Å². The lowest BCUT2D eigenvalue weighted by molar-refractivity contribution is -0.384. The Labute approximate surface area is 215 Å². The molecule has 0 radical (unpaired) electrons. The van der Waals surface area contributed by atoms with Crippen molar-refractivity contribution >= 4 is 34.9 Å². The van der Waals surface area contributed by atoms with Gasteiger partial charge < -0.3 is 10.2 Å². The van der Waals surface area contributed by atoms with E-state index in [1.807, 2.05) is 45.9 Å². The van der Waals surface area contributed by atoms with Gasteiger partial charge in [0.2, 0.25) is 5.91 Å². The van der Waals surface area contributed by atoms with E-state index >= 15 is 0 Å². The van der Waals surface area contributed by atoms with Crippen LogP contribution in [0.25, 0.3) is 5.69 Å². The maximum atomic E-state index is 13.1. The van der Waals surface area contributed by atoms with Crippen molar-refractivity contribution in [1.29, 1.82) is 0 Å². The normalized spacial score (nSPS) is 11.2. The zero-order chi connectivity index (χ0) is 26.5. The van der Waals surface area contributed by atoms with E-state index in [4.69, 9.17) is 11.6 Å². The van der Waals surface area contributed by atoms with Gasteiger partial charge in [0.05, 0.1) is 21.3 Å². The standard InChI is InChI=1S/C26H30ClN5O4/c1-5-6-15-30(25(34)18-11-13-19(14-12-18)32(35)36)17-24(33)28-23-16-22(26(2,3)4)29-31(23)21-10-8-7-9-20(21)27/h7-14,16H,5-6,15,17H2,1-4H3,(H,28,33). The van der Waals surface area contributed by atoms with E-state index in [-0.39, 0.29) is 29.1 Å². The van der Waals surface area contributed by atoms with Crippen molar-refractivity contribution in [3.8, 4) is 5.69 Å². The monoisotopic (exact) mass is 511 g/mol. The summed E-state index contributed by atoms with van der Waals surface area (Å²) in [6.07, 6.45) is 1.54. The van der Waals surface area contributed by atoms with E-state index in [0.717, 1.165) is 12.1 Å². The molecule has 2 aromatic carbocycles. The summed E-state index contributed by atoms with van der Waals surface area (Å²) < 4.78 is 1.59. The minimum absolute atomic E-state index is 0.105. The number of anilines is 1. The molecule has 36 heavy (non-hydrogen) atoms. The van der Waals surface area contributed by atoms with Crippen LogP contribution in [0, 0.1) is 10.1 Å². The summed E-state index contributed by atoms with van der Waals surface area (Å²) in [5.41, 5.74) is 1.29. The van der Waals surface area contributed by atoms with E-state index in [0.29, 0.717) is 29.5 Å². The van der Waals surface area contributed by atoms with Crippen LogP contribution >= 0.6 is 11.6 Å². The predicted molar refractivity (Wildman–Crippen MR) is 140 cm³/mol. The number of benzene rings is 2. The lowest BCUT2D eigenvalue weighted by Gasteiger charge is -2.22. The highest BCUT2D eigenvalue weighted by Gasteiger charge is 2.24. The molecule has 0 atom stereocenters. The van der Waals surface area contributed by atoms with Crippen molar-refractivity contribution in [3.05, 3.63) is 81.0 Å². The van der Waals surface area contributed by atoms with Gasteiger partial charge in [-0.2, -0.15) is 5.10 Å². The number of hydrogen-bond donors (Lipinski definition) is 1. The van der Waals surface area contributed by atoms with Gasteiger partial charge in [0.25, 0.3) is 11.6 Å². The molecule has 1 N–H and O–H groups in total. The van der Waals surface area contributed by atoms with Gasteiger partial charge >= 0.3 is 0 Å². The highest BCUT2D eigenvalue weighted by atomic mass is 35.5.